The van der Waals surface area contributed by atoms with Crippen LogP contribution in [0.4, 0.5) is 5.13 Å². The average Bonchev–Trinajstić information content (AvgIpc) is 2.70. The van der Waals surface area contributed by atoms with Gasteiger partial charge in [0.2, 0.25) is 0 Å². The molecule has 0 amide bonds. The second-order valence-corrected chi connectivity index (χ2v) is 7.61. The van der Waals surface area contributed by atoms with Crippen LogP contribution in [0.25, 0.3) is 10.2 Å². The van der Waals surface area contributed by atoms with E-state index in [4.69, 9.17) is 0 Å². The SMILES string of the molecule is CC(C)C(CNc1nc2cc(Br)ccc2s1)C(C)C. The zero-order valence-electron chi connectivity index (χ0n) is 11.9. The van der Waals surface area contributed by atoms with Crippen molar-refractivity contribution in [3.05, 3.63) is 22.7 Å². The molecule has 1 aromatic heterocycles. The van der Waals surface area contributed by atoms with Gasteiger partial charge in [-0.1, -0.05) is 55.0 Å². The van der Waals surface area contributed by atoms with E-state index in [2.05, 4.69) is 72.1 Å². The highest BCUT2D eigenvalue weighted by Gasteiger charge is 2.17. The van der Waals surface area contributed by atoms with Gasteiger partial charge in [0.25, 0.3) is 0 Å². The second-order valence-electron chi connectivity index (χ2n) is 5.66. The molecule has 0 fully saturated rings. The molecule has 0 bridgehead atoms. The van der Waals surface area contributed by atoms with E-state index in [0.29, 0.717) is 17.8 Å². The fourth-order valence-corrected chi connectivity index (χ4v) is 3.62. The lowest BCUT2D eigenvalue weighted by Crippen LogP contribution is -2.24. The van der Waals surface area contributed by atoms with Crippen molar-refractivity contribution in [3.8, 4) is 0 Å². The molecule has 0 aliphatic rings. The van der Waals surface area contributed by atoms with Gasteiger partial charge < -0.3 is 5.32 Å². The average molecular weight is 341 g/mol. The van der Waals surface area contributed by atoms with Crippen LogP contribution in [0.3, 0.4) is 0 Å². The third-order valence-corrected chi connectivity index (χ3v) is 5.04. The maximum absolute atomic E-state index is 4.64. The zero-order chi connectivity index (χ0) is 14.0. The molecule has 0 saturated heterocycles. The van der Waals surface area contributed by atoms with Crippen molar-refractivity contribution in [3.63, 3.8) is 0 Å². The molecule has 1 heterocycles. The molecule has 0 aliphatic heterocycles. The van der Waals surface area contributed by atoms with E-state index in [1.807, 2.05) is 0 Å². The molecule has 0 unspecified atom stereocenters. The van der Waals surface area contributed by atoms with Gasteiger partial charge in [0.1, 0.15) is 0 Å². The summed E-state index contributed by atoms with van der Waals surface area (Å²) in [6.45, 7) is 10.2. The minimum absolute atomic E-state index is 0.679. The number of halogens is 1. The molecule has 104 valence electrons. The molecule has 2 aromatic rings. The fourth-order valence-electron chi connectivity index (χ4n) is 2.42. The summed E-state index contributed by atoms with van der Waals surface area (Å²) in [6, 6.07) is 6.25. The van der Waals surface area contributed by atoms with Crippen LogP contribution in [-0.4, -0.2) is 11.5 Å². The maximum Gasteiger partial charge on any atom is 0.183 e. The van der Waals surface area contributed by atoms with E-state index >= 15 is 0 Å². The molecule has 19 heavy (non-hydrogen) atoms. The van der Waals surface area contributed by atoms with Crippen molar-refractivity contribution < 1.29 is 0 Å². The van der Waals surface area contributed by atoms with Crippen molar-refractivity contribution in [2.24, 2.45) is 17.8 Å². The first-order chi connectivity index (χ1) is 8.97. The largest absolute Gasteiger partial charge is 0.361 e. The Bertz CT molecular complexity index is 540. The summed E-state index contributed by atoms with van der Waals surface area (Å²) in [5.74, 6) is 2.06. The first kappa shape index (κ1) is 14.8. The Hall–Kier alpha value is -0.610. The van der Waals surface area contributed by atoms with Crippen molar-refractivity contribution in [1.29, 1.82) is 0 Å². The molecular formula is C15H21BrN2S. The quantitative estimate of drug-likeness (QED) is 0.788. The van der Waals surface area contributed by atoms with E-state index in [1.54, 1.807) is 11.3 Å². The second kappa shape index (κ2) is 6.23. The van der Waals surface area contributed by atoms with E-state index in [-0.39, 0.29) is 0 Å². The molecule has 0 radical (unpaired) electrons. The lowest BCUT2D eigenvalue weighted by Gasteiger charge is -2.24. The number of benzene rings is 1. The van der Waals surface area contributed by atoms with Crippen LogP contribution >= 0.6 is 27.3 Å². The Morgan fingerprint density at radius 3 is 2.53 bits per heavy atom. The van der Waals surface area contributed by atoms with Gasteiger partial charge in [-0.2, -0.15) is 0 Å². The predicted octanol–water partition coefficient (Wildman–Crippen LogP) is 5.40. The molecule has 0 atom stereocenters. The number of fused-ring (bicyclic) bond motifs is 1. The molecule has 1 aromatic carbocycles. The van der Waals surface area contributed by atoms with Crippen LogP contribution in [-0.2, 0) is 0 Å². The Morgan fingerprint density at radius 1 is 1.21 bits per heavy atom. The van der Waals surface area contributed by atoms with Crippen LogP contribution in [0.2, 0.25) is 0 Å². The molecular weight excluding hydrogens is 320 g/mol. The van der Waals surface area contributed by atoms with Gasteiger partial charge >= 0.3 is 0 Å². The van der Waals surface area contributed by atoms with Crippen LogP contribution in [0.15, 0.2) is 22.7 Å². The number of nitrogens with one attached hydrogen (secondary N) is 1. The number of aromatic nitrogens is 1. The molecule has 4 heteroatoms. The van der Waals surface area contributed by atoms with Gasteiger partial charge in [-0.25, -0.2) is 4.98 Å². The van der Waals surface area contributed by atoms with E-state index in [9.17, 15) is 0 Å². The minimum Gasteiger partial charge on any atom is -0.361 e. The highest BCUT2D eigenvalue weighted by Crippen LogP contribution is 2.29. The number of thiazole rings is 1. The Morgan fingerprint density at radius 2 is 1.89 bits per heavy atom. The molecule has 2 nitrogen and oxygen atoms in total. The third-order valence-electron chi connectivity index (χ3n) is 3.55. The zero-order valence-corrected chi connectivity index (χ0v) is 14.3. The summed E-state index contributed by atoms with van der Waals surface area (Å²) in [5, 5.41) is 4.54. The number of nitrogens with zero attached hydrogens (tertiary/aromatic N) is 1. The number of anilines is 1. The van der Waals surface area contributed by atoms with Crippen molar-refractivity contribution in [2.45, 2.75) is 27.7 Å². The summed E-state index contributed by atoms with van der Waals surface area (Å²) < 4.78 is 2.32. The number of hydrogen-bond donors (Lipinski definition) is 1. The van der Waals surface area contributed by atoms with Crippen LogP contribution in [0, 0.1) is 17.8 Å². The normalized spacial score (nSPS) is 12.0. The monoisotopic (exact) mass is 340 g/mol. The van der Waals surface area contributed by atoms with Crippen LogP contribution < -0.4 is 5.32 Å². The summed E-state index contributed by atoms with van der Waals surface area (Å²) in [7, 11) is 0. The predicted molar refractivity (Wildman–Crippen MR) is 89.0 cm³/mol. The number of rotatable bonds is 5. The fraction of sp³-hybridized carbons (Fsp3) is 0.533. The Balaban J connectivity index is 2.09. The smallest absolute Gasteiger partial charge is 0.183 e. The highest BCUT2D eigenvalue weighted by molar-refractivity contribution is 9.10. The third kappa shape index (κ3) is 3.69. The first-order valence-corrected chi connectivity index (χ1v) is 8.38. The van der Waals surface area contributed by atoms with Crippen LogP contribution in [0.1, 0.15) is 27.7 Å². The van der Waals surface area contributed by atoms with Crippen molar-refractivity contribution in [1.82, 2.24) is 4.98 Å². The molecule has 1 N–H and O–H groups in total. The van der Waals surface area contributed by atoms with Gasteiger partial charge in [0, 0.05) is 11.0 Å². The van der Waals surface area contributed by atoms with Gasteiger partial charge in [-0.15, -0.1) is 0 Å². The van der Waals surface area contributed by atoms with Gasteiger partial charge in [0.15, 0.2) is 5.13 Å². The summed E-state index contributed by atoms with van der Waals surface area (Å²) in [4.78, 5) is 4.64. The van der Waals surface area contributed by atoms with Gasteiger partial charge in [-0.05, 0) is 36.0 Å². The van der Waals surface area contributed by atoms with E-state index in [0.717, 1.165) is 21.7 Å². The molecule has 0 spiro atoms. The summed E-state index contributed by atoms with van der Waals surface area (Å²) in [6.07, 6.45) is 0. The van der Waals surface area contributed by atoms with Crippen molar-refractivity contribution in [2.75, 3.05) is 11.9 Å². The van der Waals surface area contributed by atoms with Crippen LogP contribution in [0.5, 0.6) is 0 Å². The highest BCUT2D eigenvalue weighted by atomic mass is 79.9. The lowest BCUT2D eigenvalue weighted by atomic mass is 9.86. The topological polar surface area (TPSA) is 24.9 Å². The first-order valence-electron chi connectivity index (χ1n) is 6.77. The molecule has 0 aliphatic carbocycles. The van der Waals surface area contributed by atoms with Gasteiger partial charge in [-0.3, -0.25) is 0 Å². The molecule has 0 saturated carbocycles. The van der Waals surface area contributed by atoms with Gasteiger partial charge in [0.05, 0.1) is 10.2 Å². The number of hydrogen-bond acceptors (Lipinski definition) is 3. The molecule has 2 rings (SSSR count). The minimum atomic E-state index is 0.679. The standard InChI is InChI=1S/C15H21BrN2S/c1-9(2)12(10(3)4)8-17-15-18-13-7-11(16)5-6-14(13)19-15/h5-7,9-10,12H,8H2,1-4H3,(H,17,18). The summed E-state index contributed by atoms with van der Waals surface area (Å²) >= 11 is 5.21. The van der Waals surface area contributed by atoms with E-state index in [1.165, 1.54) is 4.70 Å². The van der Waals surface area contributed by atoms with E-state index < -0.39 is 0 Å². The summed E-state index contributed by atoms with van der Waals surface area (Å²) in [5.41, 5.74) is 1.06. The Labute approximate surface area is 127 Å². The Kier molecular flexibility index (Phi) is 4.85. The van der Waals surface area contributed by atoms with Crippen molar-refractivity contribution >= 4 is 42.6 Å². The maximum atomic E-state index is 4.64. The lowest BCUT2D eigenvalue weighted by molar-refractivity contribution is 0.304.